The Bertz CT molecular complexity index is 700. The third kappa shape index (κ3) is 1.55. The summed E-state index contributed by atoms with van der Waals surface area (Å²) in [6, 6.07) is 10.0. The molecule has 0 N–H and O–H groups in total. The third-order valence-electron chi connectivity index (χ3n) is 2.49. The van der Waals surface area contributed by atoms with Gasteiger partial charge in [0.1, 0.15) is 11.2 Å². The molecule has 2 aromatic carbocycles. The SMILES string of the molecule is Brc1cc2oc3cccc(Br)c3c2cc1Br. The molecule has 0 radical (unpaired) electrons. The molecule has 80 valence electrons. The van der Waals surface area contributed by atoms with Gasteiger partial charge in [-0.15, -0.1) is 0 Å². The van der Waals surface area contributed by atoms with Crippen LogP contribution in [0, 0.1) is 0 Å². The molecule has 0 aliphatic heterocycles. The van der Waals surface area contributed by atoms with E-state index >= 15 is 0 Å². The van der Waals surface area contributed by atoms with E-state index in [1.807, 2.05) is 24.3 Å². The van der Waals surface area contributed by atoms with Crippen molar-refractivity contribution in [2.45, 2.75) is 0 Å². The molecule has 0 atom stereocenters. The molecule has 0 bridgehead atoms. The highest BCUT2D eigenvalue weighted by Gasteiger charge is 2.11. The summed E-state index contributed by atoms with van der Waals surface area (Å²) < 4.78 is 8.86. The lowest BCUT2D eigenvalue weighted by atomic mass is 10.1. The summed E-state index contributed by atoms with van der Waals surface area (Å²) >= 11 is 10.5. The van der Waals surface area contributed by atoms with E-state index in [0.717, 1.165) is 35.4 Å². The van der Waals surface area contributed by atoms with Crippen molar-refractivity contribution in [1.82, 2.24) is 0 Å². The molecule has 3 aromatic rings. The molecule has 0 aliphatic carbocycles. The minimum Gasteiger partial charge on any atom is -0.456 e. The van der Waals surface area contributed by atoms with Gasteiger partial charge in [-0.25, -0.2) is 0 Å². The number of halogens is 3. The Morgan fingerprint density at radius 2 is 1.56 bits per heavy atom. The normalized spacial score (nSPS) is 11.4. The van der Waals surface area contributed by atoms with Crippen LogP contribution >= 0.6 is 47.8 Å². The molecule has 1 nitrogen and oxygen atoms in total. The molecule has 0 aliphatic rings. The molecule has 16 heavy (non-hydrogen) atoms. The summed E-state index contributed by atoms with van der Waals surface area (Å²) in [5.74, 6) is 0. The quantitative estimate of drug-likeness (QED) is 0.456. The van der Waals surface area contributed by atoms with Crippen molar-refractivity contribution >= 4 is 69.7 Å². The minimum absolute atomic E-state index is 0.886. The molecule has 4 heteroatoms. The molecular formula is C12H5Br3O. The van der Waals surface area contributed by atoms with Crippen molar-refractivity contribution in [1.29, 1.82) is 0 Å². The lowest BCUT2D eigenvalue weighted by molar-refractivity contribution is 0.668. The Hall–Kier alpha value is -0.320. The maximum absolute atomic E-state index is 5.79. The van der Waals surface area contributed by atoms with Gasteiger partial charge >= 0.3 is 0 Å². The van der Waals surface area contributed by atoms with Crippen LogP contribution in [0.15, 0.2) is 48.2 Å². The van der Waals surface area contributed by atoms with Crippen molar-refractivity contribution < 1.29 is 4.42 Å². The van der Waals surface area contributed by atoms with Gasteiger partial charge < -0.3 is 4.42 Å². The summed E-state index contributed by atoms with van der Waals surface area (Å²) in [6.07, 6.45) is 0. The van der Waals surface area contributed by atoms with E-state index in [-0.39, 0.29) is 0 Å². The monoisotopic (exact) mass is 402 g/mol. The standard InChI is InChI=1S/C12H5Br3O/c13-7-2-1-3-10-12(7)6-4-8(14)9(15)5-11(6)16-10/h1-5H. The molecule has 0 saturated heterocycles. The van der Waals surface area contributed by atoms with Gasteiger partial charge in [-0.1, -0.05) is 22.0 Å². The average Bonchev–Trinajstić information content (AvgIpc) is 2.58. The highest BCUT2D eigenvalue weighted by atomic mass is 79.9. The lowest BCUT2D eigenvalue weighted by Crippen LogP contribution is -1.71. The van der Waals surface area contributed by atoms with E-state index in [0.29, 0.717) is 0 Å². The zero-order valence-electron chi connectivity index (χ0n) is 7.93. The fourth-order valence-electron chi connectivity index (χ4n) is 1.78. The van der Waals surface area contributed by atoms with E-state index in [1.54, 1.807) is 0 Å². The first-order chi connectivity index (χ1) is 7.66. The van der Waals surface area contributed by atoms with E-state index in [1.165, 1.54) is 0 Å². The van der Waals surface area contributed by atoms with Crippen molar-refractivity contribution in [2.24, 2.45) is 0 Å². The van der Waals surface area contributed by atoms with Crippen molar-refractivity contribution in [3.05, 3.63) is 43.7 Å². The van der Waals surface area contributed by atoms with E-state index in [9.17, 15) is 0 Å². The van der Waals surface area contributed by atoms with E-state index in [4.69, 9.17) is 4.42 Å². The number of fused-ring (bicyclic) bond motifs is 3. The van der Waals surface area contributed by atoms with Crippen LogP contribution in [0.25, 0.3) is 21.9 Å². The highest BCUT2D eigenvalue weighted by molar-refractivity contribution is 9.13. The Morgan fingerprint density at radius 3 is 2.38 bits per heavy atom. The van der Waals surface area contributed by atoms with Crippen molar-refractivity contribution in [3.63, 3.8) is 0 Å². The number of hydrogen-bond acceptors (Lipinski definition) is 1. The molecule has 0 fully saturated rings. The summed E-state index contributed by atoms with van der Waals surface area (Å²) in [5.41, 5.74) is 1.78. The summed E-state index contributed by atoms with van der Waals surface area (Å²) in [4.78, 5) is 0. The Kier molecular flexibility index (Phi) is 2.61. The molecular weight excluding hydrogens is 400 g/mol. The average molecular weight is 405 g/mol. The van der Waals surface area contributed by atoms with E-state index < -0.39 is 0 Å². The lowest BCUT2D eigenvalue weighted by Gasteiger charge is -1.96. The number of rotatable bonds is 0. The van der Waals surface area contributed by atoms with Crippen LogP contribution in [-0.2, 0) is 0 Å². The van der Waals surface area contributed by atoms with Crippen LogP contribution < -0.4 is 0 Å². The van der Waals surface area contributed by atoms with Crippen LogP contribution in [-0.4, -0.2) is 0 Å². The van der Waals surface area contributed by atoms with E-state index in [2.05, 4.69) is 53.9 Å². The Balaban J connectivity index is 2.58. The van der Waals surface area contributed by atoms with Gasteiger partial charge in [0.05, 0.1) is 0 Å². The zero-order valence-corrected chi connectivity index (χ0v) is 12.7. The summed E-state index contributed by atoms with van der Waals surface area (Å²) in [7, 11) is 0. The van der Waals surface area contributed by atoms with Crippen LogP contribution in [0.2, 0.25) is 0 Å². The van der Waals surface area contributed by atoms with Gasteiger partial charge in [-0.3, -0.25) is 0 Å². The second-order valence-corrected chi connectivity index (χ2v) is 6.04. The van der Waals surface area contributed by atoms with Crippen molar-refractivity contribution in [2.75, 3.05) is 0 Å². The first-order valence-corrected chi connectivity index (χ1v) is 7.00. The number of benzene rings is 2. The minimum atomic E-state index is 0.886. The van der Waals surface area contributed by atoms with Gasteiger partial charge in [0.25, 0.3) is 0 Å². The van der Waals surface area contributed by atoms with Crippen molar-refractivity contribution in [3.8, 4) is 0 Å². The fraction of sp³-hybridized carbons (Fsp3) is 0. The van der Waals surface area contributed by atoms with Gasteiger partial charge in [-0.05, 0) is 56.1 Å². The molecule has 0 spiro atoms. The van der Waals surface area contributed by atoms with Crippen LogP contribution in [0.5, 0.6) is 0 Å². The Morgan fingerprint density at radius 1 is 0.812 bits per heavy atom. The van der Waals surface area contributed by atoms with Gasteiger partial charge in [-0.2, -0.15) is 0 Å². The molecule has 3 rings (SSSR count). The highest BCUT2D eigenvalue weighted by Crippen LogP contribution is 2.37. The second kappa shape index (κ2) is 3.86. The van der Waals surface area contributed by atoms with Gasteiger partial charge in [0, 0.05) is 24.2 Å². The maximum atomic E-state index is 5.79. The van der Waals surface area contributed by atoms with Gasteiger partial charge in [0.15, 0.2) is 0 Å². The molecule has 0 amide bonds. The fourth-order valence-corrected chi connectivity index (χ4v) is 3.00. The predicted molar refractivity (Wildman–Crippen MR) is 76.8 cm³/mol. The number of hydrogen-bond donors (Lipinski definition) is 0. The van der Waals surface area contributed by atoms with Gasteiger partial charge in [0.2, 0.25) is 0 Å². The van der Waals surface area contributed by atoms with Crippen LogP contribution in [0.1, 0.15) is 0 Å². The number of furan rings is 1. The molecule has 0 saturated carbocycles. The maximum Gasteiger partial charge on any atom is 0.136 e. The van der Waals surface area contributed by atoms with Crippen LogP contribution in [0.4, 0.5) is 0 Å². The largest absolute Gasteiger partial charge is 0.456 e. The smallest absolute Gasteiger partial charge is 0.136 e. The Labute approximate surface area is 117 Å². The molecule has 0 unspecified atom stereocenters. The molecule has 1 heterocycles. The molecule has 1 aromatic heterocycles. The predicted octanol–water partition coefficient (Wildman–Crippen LogP) is 5.87. The first kappa shape index (κ1) is 10.8. The van der Waals surface area contributed by atoms with Crippen LogP contribution in [0.3, 0.4) is 0 Å². The third-order valence-corrected chi connectivity index (χ3v) is 4.99. The topological polar surface area (TPSA) is 13.1 Å². The first-order valence-electron chi connectivity index (χ1n) is 4.62. The second-order valence-electron chi connectivity index (χ2n) is 3.48. The zero-order chi connectivity index (χ0) is 11.3. The summed E-state index contributed by atoms with van der Waals surface area (Å²) in [6.45, 7) is 0. The summed E-state index contributed by atoms with van der Waals surface area (Å²) in [5, 5.41) is 2.23.